The van der Waals surface area contributed by atoms with Gasteiger partial charge in [-0.05, 0) is 19.8 Å². The number of hydrogen-bond acceptors (Lipinski definition) is 1. The van der Waals surface area contributed by atoms with Gasteiger partial charge in [0.2, 0.25) is 0 Å². The van der Waals surface area contributed by atoms with E-state index in [-0.39, 0.29) is 6.67 Å². The Morgan fingerprint density at radius 2 is 1.29 bits per heavy atom. The van der Waals surface area contributed by atoms with Crippen molar-refractivity contribution in [1.29, 1.82) is 0 Å². The second-order valence-corrected chi connectivity index (χ2v) is 3.97. The van der Waals surface area contributed by atoms with Crippen LogP contribution < -0.4 is 0 Å². The topological polar surface area (TPSA) is 17.1 Å². The first kappa shape index (κ1) is 13.6. The molecule has 0 aliphatic heterocycles. The van der Waals surface area contributed by atoms with Crippen LogP contribution in [0.5, 0.6) is 0 Å². The van der Waals surface area contributed by atoms with Gasteiger partial charge in [-0.15, -0.1) is 0 Å². The molecule has 0 aromatic heterocycles. The van der Waals surface area contributed by atoms with Crippen LogP contribution in [0.1, 0.15) is 64.7 Å². The van der Waals surface area contributed by atoms with Gasteiger partial charge in [-0.2, -0.15) is 0 Å². The molecule has 0 aliphatic carbocycles. The van der Waals surface area contributed by atoms with Gasteiger partial charge in [0.15, 0.2) is 0 Å². The SMILES string of the molecule is CC(=O)CCCCCCCCCCF. The fourth-order valence-corrected chi connectivity index (χ4v) is 1.53. The van der Waals surface area contributed by atoms with Crippen LogP contribution in [0.2, 0.25) is 0 Å². The van der Waals surface area contributed by atoms with Gasteiger partial charge in [0.25, 0.3) is 0 Å². The molecule has 0 bridgehead atoms. The van der Waals surface area contributed by atoms with Crippen molar-refractivity contribution in [3.05, 3.63) is 0 Å². The van der Waals surface area contributed by atoms with E-state index in [1.54, 1.807) is 6.92 Å². The van der Waals surface area contributed by atoms with Crippen molar-refractivity contribution in [3.63, 3.8) is 0 Å². The average molecular weight is 202 g/mol. The Kier molecular flexibility index (Phi) is 10.4. The highest BCUT2D eigenvalue weighted by Gasteiger charge is 1.94. The minimum absolute atomic E-state index is 0.168. The van der Waals surface area contributed by atoms with Crippen LogP contribution in [0.3, 0.4) is 0 Å². The van der Waals surface area contributed by atoms with Crippen molar-refractivity contribution in [1.82, 2.24) is 0 Å². The summed E-state index contributed by atoms with van der Waals surface area (Å²) in [5, 5.41) is 0. The molecule has 0 amide bonds. The lowest BCUT2D eigenvalue weighted by Gasteiger charge is -2.00. The molecule has 0 saturated carbocycles. The van der Waals surface area contributed by atoms with Crippen LogP contribution in [0.4, 0.5) is 4.39 Å². The zero-order valence-electron chi connectivity index (χ0n) is 9.36. The first-order valence-electron chi connectivity index (χ1n) is 5.82. The van der Waals surface area contributed by atoms with E-state index in [9.17, 15) is 9.18 Å². The van der Waals surface area contributed by atoms with E-state index in [1.165, 1.54) is 25.7 Å². The molecule has 1 nitrogen and oxygen atoms in total. The van der Waals surface area contributed by atoms with E-state index in [0.29, 0.717) is 5.78 Å². The molecule has 0 fully saturated rings. The van der Waals surface area contributed by atoms with E-state index in [4.69, 9.17) is 0 Å². The van der Waals surface area contributed by atoms with E-state index < -0.39 is 0 Å². The van der Waals surface area contributed by atoms with Gasteiger partial charge in [-0.1, -0.05) is 38.5 Å². The third-order valence-electron chi connectivity index (χ3n) is 2.41. The maximum atomic E-state index is 11.7. The van der Waals surface area contributed by atoms with Crippen LogP contribution >= 0.6 is 0 Å². The van der Waals surface area contributed by atoms with Gasteiger partial charge in [-0.3, -0.25) is 4.39 Å². The number of carbonyl (C=O) groups is 1. The second-order valence-electron chi connectivity index (χ2n) is 3.97. The predicted octanol–water partition coefficient (Wildman–Crippen LogP) is 4.06. The molecule has 0 aromatic rings. The van der Waals surface area contributed by atoms with Crippen LogP contribution in [0.25, 0.3) is 0 Å². The van der Waals surface area contributed by atoms with Crippen molar-refractivity contribution >= 4 is 5.78 Å². The van der Waals surface area contributed by atoms with Gasteiger partial charge in [-0.25, -0.2) is 0 Å². The van der Waals surface area contributed by atoms with E-state index in [2.05, 4.69) is 0 Å². The molecule has 0 unspecified atom stereocenters. The van der Waals surface area contributed by atoms with Crippen LogP contribution in [0.15, 0.2) is 0 Å². The van der Waals surface area contributed by atoms with Crippen LogP contribution in [-0.4, -0.2) is 12.5 Å². The number of hydrogen-bond donors (Lipinski definition) is 0. The molecule has 0 radical (unpaired) electrons. The normalized spacial score (nSPS) is 10.4. The summed E-state index contributed by atoms with van der Waals surface area (Å²) in [6.45, 7) is 1.48. The largest absolute Gasteiger partial charge is 0.300 e. The van der Waals surface area contributed by atoms with E-state index in [1.807, 2.05) is 0 Å². The van der Waals surface area contributed by atoms with Crippen LogP contribution in [0, 0.1) is 0 Å². The molecule has 0 saturated heterocycles. The molecule has 0 N–H and O–H groups in total. The number of unbranched alkanes of at least 4 members (excludes halogenated alkanes) is 7. The number of carbonyl (C=O) groups excluding carboxylic acids is 1. The summed E-state index contributed by atoms with van der Waals surface area (Å²) in [6.07, 6.45) is 9.56. The van der Waals surface area contributed by atoms with Crippen molar-refractivity contribution < 1.29 is 9.18 Å². The van der Waals surface area contributed by atoms with Crippen molar-refractivity contribution in [2.75, 3.05) is 6.67 Å². The van der Waals surface area contributed by atoms with Gasteiger partial charge in [0.05, 0.1) is 6.67 Å². The quantitative estimate of drug-likeness (QED) is 0.488. The summed E-state index contributed by atoms with van der Waals surface area (Å²) < 4.78 is 11.7. The number of alkyl halides is 1. The van der Waals surface area contributed by atoms with Gasteiger partial charge >= 0.3 is 0 Å². The Balaban J connectivity index is 2.88. The number of halogens is 1. The Labute approximate surface area is 87.1 Å². The first-order valence-corrected chi connectivity index (χ1v) is 5.82. The average Bonchev–Trinajstić information content (AvgIpc) is 2.15. The molecule has 84 valence electrons. The maximum absolute atomic E-state index is 11.7. The third-order valence-corrected chi connectivity index (χ3v) is 2.41. The Morgan fingerprint density at radius 3 is 1.71 bits per heavy atom. The molecule has 0 aliphatic rings. The smallest absolute Gasteiger partial charge is 0.129 e. The summed E-state index contributed by atoms with van der Waals surface area (Å²) in [4.78, 5) is 10.6. The molecule has 14 heavy (non-hydrogen) atoms. The zero-order chi connectivity index (χ0) is 10.6. The fourth-order valence-electron chi connectivity index (χ4n) is 1.53. The first-order chi connectivity index (χ1) is 6.77. The molecule has 0 rings (SSSR count). The minimum Gasteiger partial charge on any atom is -0.300 e. The van der Waals surface area contributed by atoms with Gasteiger partial charge in [0.1, 0.15) is 5.78 Å². The number of ketones is 1. The molecule has 0 heterocycles. The molecular weight excluding hydrogens is 179 g/mol. The van der Waals surface area contributed by atoms with Crippen molar-refractivity contribution in [2.45, 2.75) is 64.7 Å². The Bertz CT molecular complexity index is 134. The van der Waals surface area contributed by atoms with E-state index >= 15 is 0 Å². The highest BCUT2D eigenvalue weighted by atomic mass is 19.1. The van der Waals surface area contributed by atoms with Crippen LogP contribution in [-0.2, 0) is 4.79 Å². The Morgan fingerprint density at radius 1 is 0.857 bits per heavy atom. The Hall–Kier alpha value is -0.400. The van der Waals surface area contributed by atoms with Gasteiger partial charge < -0.3 is 4.79 Å². The monoisotopic (exact) mass is 202 g/mol. The standard InChI is InChI=1S/C12H23FO/c1-12(14)10-8-6-4-2-3-5-7-9-11-13/h2-11H2,1H3. The zero-order valence-corrected chi connectivity index (χ0v) is 9.36. The summed E-state index contributed by atoms with van der Waals surface area (Å²) in [7, 11) is 0. The summed E-state index contributed by atoms with van der Waals surface area (Å²) in [5.74, 6) is 0.299. The highest BCUT2D eigenvalue weighted by molar-refractivity contribution is 5.75. The molecule has 0 atom stereocenters. The summed E-state index contributed by atoms with van der Waals surface area (Å²) >= 11 is 0. The summed E-state index contributed by atoms with van der Waals surface area (Å²) in [6, 6.07) is 0. The minimum atomic E-state index is -0.168. The number of rotatable bonds is 10. The highest BCUT2D eigenvalue weighted by Crippen LogP contribution is 2.09. The molecule has 0 aromatic carbocycles. The lowest BCUT2D eigenvalue weighted by molar-refractivity contribution is -0.117. The number of Topliss-reactive ketones (excluding diaryl/α,β-unsaturated/α-hetero) is 1. The fraction of sp³-hybridized carbons (Fsp3) is 0.917. The lowest BCUT2D eigenvalue weighted by Crippen LogP contribution is -1.89. The molecule has 0 spiro atoms. The van der Waals surface area contributed by atoms with E-state index in [0.717, 1.165) is 32.1 Å². The summed E-state index contributed by atoms with van der Waals surface area (Å²) in [5.41, 5.74) is 0. The second kappa shape index (κ2) is 10.7. The van der Waals surface area contributed by atoms with Crippen molar-refractivity contribution in [3.8, 4) is 0 Å². The van der Waals surface area contributed by atoms with Crippen molar-refractivity contribution in [2.24, 2.45) is 0 Å². The van der Waals surface area contributed by atoms with Gasteiger partial charge in [0, 0.05) is 6.42 Å². The molecular formula is C12H23FO. The lowest BCUT2D eigenvalue weighted by atomic mass is 10.1. The maximum Gasteiger partial charge on any atom is 0.129 e. The third kappa shape index (κ3) is 11.6. The molecule has 2 heteroatoms. The predicted molar refractivity (Wildman–Crippen MR) is 58.2 cm³/mol.